The van der Waals surface area contributed by atoms with E-state index >= 15 is 0 Å². The number of morpholine rings is 1. The highest BCUT2D eigenvalue weighted by Crippen LogP contribution is 2.43. The number of anilines is 2. The van der Waals surface area contributed by atoms with Crippen molar-refractivity contribution in [2.24, 2.45) is 5.41 Å². The smallest absolute Gasteiger partial charge is 0.380 e. The number of nitrogens with one attached hydrogen (secondary N) is 2. The first kappa shape index (κ1) is 48.3. The van der Waals surface area contributed by atoms with Gasteiger partial charge >= 0.3 is 5.51 Å². The van der Waals surface area contributed by atoms with E-state index < -0.39 is 41.2 Å². The summed E-state index contributed by atoms with van der Waals surface area (Å²) in [7, 11) is -10.4. The molecule has 2 fully saturated rings. The Labute approximate surface area is 385 Å². The zero-order chi connectivity index (χ0) is 45.5. The van der Waals surface area contributed by atoms with Gasteiger partial charge in [0.05, 0.1) is 23.8 Å². The Morgan fingerprint density at radius 2 is 1.53 bits per heavy atom. The molecule has 0 unspecified atom stereocenters. The minimum Gasteiger partial charge on any atom is -0.380 e. The van der Waals surface area contributed by atoms with Gasteiger partial charge in [0.15, 0.2) is 0 Å². The third-order valence-electron chi connectivity index (χ3n) is 12.2. The summed E-state index contributed by atoms with van der Waals surface area (Å²) in [5.74, 6) is 0.417. The molecule has 0 amide bonds. The molecule has 1 aliphatic carbocycles. The topological polar surface area (TPSA) is 111 Å². The second kappa shape index (κ2) is 20.9. The lowest BCUT2D eigenvalue weighted by Crippen LogP contribution is -2.47. The van der Waals surface area contributed by atoms with Gasteiger partial charge in [-0.1, -0.05) is 73.5 Å². The van der Waals surface area contributed by atoms with Gasteiger partial charge in [0.25, 0.3) is 9.84 Å². The van der Waals surface area contributed by atoms with E-state index in [1.165, 1.54) is 28.5 Å². The monoisotopic (exact) mass is 959 g/mol. The first-order valence-corrected chi connectivity index (χ1v) is 26.0. The van der Waals surface area contributed by atoms with Gasteiger partial charge in [0, 0.05) is 86.3 Å². The Balaban J connectivity index is 0.996. The Kier molecular flexibility index (Phi) is 15.8. The molecule has 7 rings (SSSR count). The number of nitrogens with zero attached hydrogens (tertiary/aromatic N) is 3. The fourth-order valence-electron chi connectivity index (χ4n) is 8.51. The molecule has 4 aromatic carbocycles. The number of ether oxygens (including phenoxy) is 1. The predicted octanol–water partition coefficient (Wildman–Crippen LogP) is 9.19. The molecule has 17 heteroatoms. The summed E-state index contributed by atoms with van der Waals surface area (Å²) in [6, 6.07) is 27.5. The third-order valence-corrected chi connectivity index (χ3v) is 16.6. The van der Waals surface area contributed by atoms with Crippen molar-refractivity contribution in [3.05, 3.63) is 119 Å². The predicted molar refractivity (Wildman–Crippen MR) is 251 cm³/mol. The van der Waals surface area contributed by atoms with Crippen LogP contribution < -0.4 is 14.9 Å². The van der Waals surface area contributed by atoms with Crippen molar-refractivity contribution in [2.45, 2.75) is 72.3 Å². The number of benzene rings is 4. The van der Waals surface area contributed by atoms with E-state index in [2.05, 4.69) is 50.7 Å². The van der Waals surface area contributed by atoms with Crippen molar-refractivity contribution in [3.63, 3.8) is 0 Å². The normalized spacial score (nSPS) is 18.6. The summed E-state index contributed by atoms with van der Waals surface area (Å²) in [6.07, 6.45) is 3.73. The van der Waals surface area contributed by atoms with Crippen molar-refractivity contribution in [1.82, 2.24) is 14.5 Å². The SMILES string of the molecule is CC1(C)CCC(c2ccc(Cl)cc2)=C(CN2CCN(c3ccc(CNS(=O)(=O)c4ccc(N[C@H](CCN5CCOCC5)CSc5ccccc5)c(S(=O)(=O)C(F)(F)F)c4)cc3)CC2)C1. The average molecular weight is 961 g/mol. The molecule has 346 valence electrons. The van der Waals surface area contributed by atoms with E-state index in [4.69, 9.17) is 16.3 Å². The van der Waals surface area contributed by atoms with Gasteiger partial charge < -0.3 is 15.0 Å². The molecule has 2 N–H and O–H groups in total. The maximum Gasteiger partial charge on any atom is 0.501 e. The molecule has 4 aromatic rings. The van der Waals surface area contributed by atoms with Crippen LogP contribution in [-0.4, -0.2) is 110 Å². The number of thioether (sulfide) groups is 1. The molecule has 0 saturated carbocycles. The lowest BCUT2D eigenvalue weighted by atomic mass is 9.73. The van der Waals surface area contributed by atoms with E-state index in [-0.39, 0.29) is 17.6 Å². The summed E-state index contributed by atoms with van der Waals surface area (Å²) >= 11 is 7.68. The third kappa shape index (κ3) is 12.6. The van der Waals surface area contributed by atoms with Crippen LogP contribution in [-0.2, 0) is 31.1 Å². The van der Waals surface area contributed by atoms with Crippen LogP contribution in [0.25, 0.3) is 5.57 Å². The molecule has 2 saturated heterocycles. The zero-order valence-corrected chi connectivity index (χ0v) is 39.5. The molecule has 10 nitrogen and oxygen atoms in total. The number of piperazine rings is 1. The molecule has 2 heterocycles. The summed E-state index contributed by atoms with van der Waals surface area (Å²) in [6.45, 7) is 12.0. The van der Waals surface area contributed by atoms with Crippen LogP contribution >= 0.6 is 23.4 Å². The van der Waals surface area contributed by atoms with Gasteiger partial charge in [-0.25, -0.2) is 21.6 Å². The number of halogens is 4. The van der Waals surface area contributed by atoms with Crippen molar-refractivity contribution < 1.29 is 34.7 Å². The van der Waals surface area contributed by atoms with Gasteiger partial charge in [-0.05, 0) is 102 Å². The van der Waals surface area contributed by atoms with Gasteiger partial charge in [0.1, 0.15) is 4.90 Å². The maximum atomic E-state index is 14.2. The Morgan fingerprint density at radius 1 is 0.844 bits per heavy atom. The quantitative estimate of drug-likeness (QED) is 0.0995. The molecule has 64 heavy (non-hydrogen) atoms. The minimum atomic E-state index is -5.95. The summed E-state index contributed by atoms with van der Waals surface area (Å²) < 4.78 is 104. The molecule has 0 bridgehead atoms. The van der Waals surface area contributed by atoms with Crippen LogP contribution in [0.5, 0.6) is 0 Å². The molecular weight excluding hydrogens is 903 g/mol. The van der Waals surface area contributed by atoms with Gasteiger partial charge in [0.2, 0.25) is 10.0 Å². The molecule has 0 radical (unpaired) electrons. The number of allylic oxidation sites excluding steroid dienone is 1. The standard InChI is InChI=1S/C47H57ClF3N5O5S3/c1-46(2)20-18-43(36-10-12-38(48)13-11-36)37(31-46)33-55-22-24-56(25-23-55)40-14-8-35(9-15-40)32-52-64(59,60)42-16-17-44(45(30-42)63(57,58)47(49,50)51)53-39(19-21-54-26-28-61-29-27-54)34-62-41-6-4-3-5-7-41/h3-17,30,39,52-53H,18-29,31-34H2,1-2H3/t39-/m1/s1. The fourth-order valence-corrected chi connectivity index (χ4v) is 11.7. The maximum absolute atomic E-state index is 14.2. The minimum absolute atomic E-state index is 0.153. The largest absolute Gasteiger partial charge is 0.501 e. The Morgan fingerprint density at radius 3 is 2.20 bits per heavy atom. The number of hydrogen-bond acceptors (Lipinski definition) is 10. The number of sulfonamides is 1. The number of hydrogen-bond donors (Lipinski definition) is 2. The van der Waals surface area contributed by atoms with Crippen LogP contribution in [0, 0.1) is 5.41 Å². The van der Waals surface area contributed by atoms with Crippen molar-refractivity contribution in [2.75, 3.05) is 81.5 Å². The molecule has 1 atom stereocenters. The fraction of sp³-hybridized carbons (Fsp3) is 0.447. The van der Waals surface area contributed by atoms with E-state index in [0.717, 1.165) is 79.7 Å². The van der Waals surface area contributed by atoms with Crippen LogP contribution in [0.3, 0.4) is 0 Å². The molecule has 2 aliphatic heterocycles. The number of rotatable bonds is 17. The van der Waals surface area contributed by atoms with E-state index in [1.807, 2.05) is 66.7 Å². The zero-order valence-electron chi connectivity index (χ0n) is 36.2. The highest BCUT2D eigenvalue weighted by atomic mass is 35.5. The Bertz CT molecular complexity index is 2440. The van der Waals surface area contributed by atoms with Crippen LogP contribution in [0.15, 0.2) is 117 Å². The highest BCUT2D eigenvalue weighted by Gasteiger charge is 2.48. The molecular formula is C47H57ClF3N5O5S3. The average Bonchev–Trinajstić information content (AvgIpc) is 3.27. The van der Waals surface area contributed by atoms with Gasteiger partial charge in [-0.15, -0.1) is 11.8 Å². The second-order valence-corrected chi connectivity index (χ2v) is 22.7. The van der Waals surface area contributed by atoms with Crippen LogP contribution in [0.4, 0.5) is 24.5 Å². The van der Waals surface area contributed by atoms with Crippen molar-refractivity contribution in [3.8, 4) is 0 Å². The van der Waals surface area contributed by atoms with Crippen LogP contribution in [0.1, 0.15) is 50.7 Å². The van der Waals surface area contributed by atoms with Crippen LogP contribution in [0.2, 0.25) is 5.02 Å². The van der Waals surface area contributed by atoms with E-state index in [1.54, 1.807) is 0 Å². The van der Waals surface area contributed by atoms with Gasteiger partial charge in [-0.2, -0.15) is 13.2 Å². The van der Waals surface area contributed by atoms with Gasteiger partial charge in [-0.3, -0.25) is 9.80 Å². The van der Waals surface area contributed by atoms with Crippen molar-refractivity contribution >= 4 is 60.2 Å². The number of alkyl halides is 3. The lowest BCUT2D eigenvalue weighted by molar-refractivity contribution is -0.0435. The summed E-state index contributed by atoms with van der Waals surface area (Å²) in [4.78, 5) is 6.21. The Hall–Kier alpha value is -3.61. The van der Waals surface area contributed by atoms with Crippen molar-refractivity contribution in [1.29, 1.82) is 0 Å². The first-order valence-electron chi connectivity index (χ1n) is 21.7. The summed E-state index contributed by atoms with van der Waals surface area (Å²) in [5, 5.41) is 3.79. The summed E-state index contributed by atoms with van der Waals surface area (Å²) in [5.41, 5.74) is 0.0642. The lowest BCUT2D eigenvalue weighted by Gasteiger charge is -2.39. The molecule has 0 aromatic heterocycles. The second-order valence-electron chi connectivity index (χ2n) is 17.5. The van der Waals surface area contributed by atoms with E-state index in [9.17, 15) is 30.0 Å². The molecule has 3 aliphatic rings. The number of sulfone groups is 1. The first-order chi connectivity index (χ1) is 30.5. The molecule has 0 spiro atoms. The highest BCUT2D eigenvalue weighted by molar-refractivity contribution is 7.99. The van der Waals surface area contributed by atoms with E-state index in [0.29, 0.717) is 56.7 Å².